The molecule has 0 aromatic heterocycles. The summed E-state index contributed by atoms with van der Waals surface area (Å²) >= 11 is 0. The van der Waals surface area contributed by atoms with Crippen LogP contribution < -0.4 is 0 Å². The number of aryl methyl sites for hydroxylation is 2. The minimum absolute atomic E-state index is 0.255. The van der Waals surface area contributed by atoms with E-state index in [4.69, 9.17) is 6.42 Å². The molecule has 0 fully saturated rings. The molecule has 0 heterocycles. The molecule has 1 aromatic rings. The van der Waals surface area contributed by atoms with Gasteiger partial charge in [0.2, 0.25) is 0 Å². The molecular weight excluding hydrogens is 199 g/mol. The second-order valence-electron chi connectivity index (χ2n) is 4.70. The molecule has 1 rings (SSSR count). The van der Waals surface area contributed by atoms with Gasteiger partial charge in [-0.25, -0.2) is 4.39 Å². The highest BCUT2D eigenvalue weighted by molar-refractivity contribution is 5.40. The smallest absolute Gasteiger partial charge is 0.141 e. The van der Waals surface area contributed by atoms with Crippen LogP contribution in [0, 0.1) is 31.0 Å². The van der Waals surface area contributed by atoms with Crippen molar-refractivity contribution < 1.29 is 4.39 Å². The van der Waals surface area contributed by atoms with E-state index in [1.54, 1.807) is 13.0 Å². The Morgan fingerprint density at radius 2 is 2.06 bits per heavy atom. The molecule has 0 atom stereocenters. The Bertz CT molecular complexity index is 397. The summed E-state index contributed by atoms with van der Waals surface area (Å²) in [4.78, 5) is 0. The molecule has 0 amide bonds. The summed E-state index contributed by atoms with van der Waals surface area (Å²) in [5.74, 6) is 2.86. The average Bonchev–Trinajstić information content (AvgIpc) is 2.22. The molecule has 0 N–H and O–H groups in total. The van der Waals surface area contributed by atoms with Crippen molar-refractivity contribution in [3.63, 3.8) is 0 Å². The van der Waals surface area contributed by atoms with Gasteiger partial charge in [0, 0.05) is 0 Å². The zero-order valence-electron chi connectivity index (χ0n) is 10.3. The van der Waals surface area contributed by atoms with Crippen molar-refractivity contribution in [2.75, 3.05) is 0 Å². The summed E-state index contributed by atoms with van der Waals surface area (Å²) in [6.07, 6.45) is 8.58. The van der Waals surface area contributed by atoms with Gasteiger partial charge in [-0.15, -0.1) is 6.42 Å². The van der Waals surface area contributed by atoms with E-state index in [9.17, 15) is 4.39 Å². The average molecular weight is 218 g/mol. The zero-order valence-corrected chi connectivity index (χ0v) is 10.3. The summed E-state index contributed by atoms with van der Waals surface area (Å²) in [5.41, 5.74) is 2.18. The topological polar surface area (TPSA) is 0 Å². The van der Waals surface area contributed by atoms with E-state index in [-0.39, 0.29) is 5.82 Å². The highest BCUT2D eigenvalue weighted by Gasteiger charge is 2.06. The van der Waals surface area contributed by atoms with Crippen LogP contribution in [0.25, 0.3) is 0 Å². The predicted molar refractivity (Wildman–Crippen MR) is 66.8 cm³/mol. The van der Waals surface area contributed by atoms with Crippen LogP contribution in [-0.4, -0.2) is 0 Å². The van der Waals surface area contributed by atoms with E-state index >= 15 is 0 Å². The number of hydrogen-bond donors (Lipinski definition) is 0. The fourth-order valence-electron chi connectivity index (χ4n) is 1.81. The molecule has 0 unspecified atom stereocenters. The van der Waals surface area contributed by atoms with Crippen molar-refractivity contribution >= 4 is 0 Å². The number of benzene rings is 1. The Morgan fingerprint density at radius 1 is 1.38 bits per heavy atom. The second-order valence-corrected chi connectivity index (χ2v) is 4.70. The quantitative estimate of drug-likeness (QED) is 0.668. The van der Waals surface area contributed by atoms with Crippen LogP contribution in [0.4, 0.5) is 4.39 Å². The van der Waals surface area contributed by atoms with Crippen molar-refractivity contribution in [3.8, 4) is 12.3 Å². The summed E-state index contributed by atoms with van der Waals surface area (Å²) < 4.78 is 13.5. The van der Waals surface area contributed by atoms with E-state index in [1.807, 2.05) is 6.07 Å². The maximum Gasteiger partial charge on any atom is 0.141 e. The molecule has 0 nitrogen and oxygen atoms in total. The zero-order chi connectivity index (χ0) is 12.1. The normalized spacial score (nSPS) is 10.5. The number of terminal acetylenes is 1. The second kappa shape index (κ2) is 5.70. The van der Waals surface area contributed by atoms with Gasteiger partial charge in [-0.05, 0) is 42.9 Å². The third kappa shape index (κ3) is 3.38. The Labute approximate surface area is 97.9 Å². The molecule has 0 aliphatic carbocycles. The first-order chi connectivity index (χ1) is 7.54. The summed E-state index contributed by atoms with van der Waals surface area (Å²) in [6, 6.07) is 3.69. The largest absolute Gasteiger partial charge is 0.205 e. The molecule has 0 aliphatic heterocycles. The van der Waals surface area contributed by atoms with Crippen molar-refractivity contribution in [1.82, 2.24) is 0 Å². The number of halogens is 1. The standard InChI is InChI=1S/C15H19F/c1-5-14-10-13(8-6-7-11(2)3)9-12(4)15(14)16/h1,9-11H,6-8H2,2-4H3. The number of hydrogen-bond acceptors (Lipinski definition) is 0. The first-order valence-electron chi connectivity index (χ1n) is 5.80. The van der Waals surface area contributed by atoms with Gasteiger partial charge in [0.1, 0.15) is 5.82 Å². The monoisotopic (exact) mass is 218 g/mol. The lowest BCUT2D eigenvalue weighted by Gasteiger charge is -2.07. The third-order valence-electron chi connectivity index (χ3n) is 2.72. The minimum Gasteiger partial charge on any atom is -0.205 e. The molecule has 0 saturated heterocycles. The van der Waals surface area contributed by atoms with Gasteiger partial charge < -0.3 is 0 Å². The van der Waals surface area contributed by atoms with Crippen LogP contribution in [0.1, 0.15) is 43.4 Å². The summed E-state index contributed by atoms with van der Waals surface area (Å²) in [5, 5.41) is 0. The van der Waals surface area contributed by atoms with E-state index in [0.717, 1.165) is 18.4 Å². The molecule has 0 spiro atoms. The summed E-state index contributed by atoms with van der Waals surface area (Å²) in [6.45, 7) is 6.19. The van der Waals surface area contributed by atoms with Crippen molar-refractivity contribution in [2.24, 2.45) is 5.92 Å². The molecule has 0 aliphatic rings. The van der Waals surface area contributed by atoms with Gasteiger partial charge >= 0.3 is 0 Å². The van der Waals surface area contributed by atoms with Crippen LogP contribution in [0.5, 0.6) is 0 Å². The first kappa shape index (κ1) is 12.8. The minimum atomic E-state index is -0.255. The van der Waals surface area contributed by atoms with Crippen LogP contribution in [0.15, 0.2) is 12.1 Å². The molecule has 16 heavy (non-hydrogen) atoms. The van der Waals surface area contributed by atoms with E-state index in [2.05, 4.69) is 19.8 Å². The van der Waals surface area contributed by atoms with Gasteiger partial charge in [-0.3, -0.25) is 0 Å². The van der Waals surface area contributed by atoms with Gasteiger partial charge in [0.15, 0.2) is 0 Å². The van der Waals surface area contributed by atoms with Crippen molar-refractivity contribution in [3.05, 3.63) is 34.6 Å². The molecule has 0 bridgehead atoms. The summed E-state index contributed by atoms with van der Waals surface area (Å²) in [7, 11) is 0. The van der Waals surface area contributed by atoms with Gasteiger partial charge in [-0.2, -0.15) is 0 Å². The van der Waals surface area contributed by atoms with Crippen LogP contribution in [0.3, 0.4) is 0 Å². The molecule has 0 radical (unpaired) electrons. The molecule has 86 valence electrons. The predicted octanol–water partition coefficient (Wildman–Crippen LogP) is 4.09. The van der Waals surface area contributed by atoms with Crippen molar-refractivity contribution in [2.45, 2.75) is 40.0 Å². The SMILES string of the molecule is C#Cc1cc(CCCC(C)C)cc(C)c1F. The molecular formula is C15H19F. The third-order valence-corrected chi connectivity index (χ3v) is 2.72. The van der Waals surface area contributed by atoms with E-state index < -0.39 is 0 Å². The fourth-order valence-corrected chi connectivity index (χ4v) is 1.81. The maximum absolute atomic E-state index is 13.5. The highest BCUT2D eigenvalue weighted by atomic mass is 19.1. The Hall–Kier alpha value is -1.29. The first-order valence-corrected chi connectivity index (χ1v) is 5.80. The Morgan fingerprint density at radius 3 is 2.62 bits per heavy atom. The van der Waals surface area contributed by atoms with Crippen LogP contribution in [-0.2, 0) is 6.42 Å². The fraction of sp³-hybridized carbons (Fsp3) is 0.467. The van der Waals surface area contributed by atoms with Crippen LogP contribution in [0.2, 0.25) is 0 Å². The number of rotatable bonds is 4. The van der Waals surface area contributed by atoms with E-state index in [1.165, 1.54) is 6.42 Å². The molecule has 0 saturated carbocycles. The Balaban J connectivity index is 2.75. The van der Waals surface area contributed by atoms with Crippen molar-refractivity contribution in [1.29, 1.82) is 0 Å². The lowest BCUT2D eigenvalue weighted by molar-refractivity contribution is 0.555. The van der Waals surface area contributed by atoms with Gasteiger partial charge in [0.05, 0.1) is 5.56 Å². The Kier molecular flexibility index (Phi) is 4.55. The highest BCUT2D eigenvalue weighted by Crippen LogP contribution is 2.17. The molecule has 1 aromatic carbocycles. The molecule has 1 heteroatoms. The van der Waals surface area contributed by atoms with Gasteiger partial charge in [0.25, 0.3) is 0 Å². The lowest BCUT2D eigenvalue weighted by atomic mass is 9.99. The lowest BCUT2D eigenvalue weighted by Crippen LogP contribution is -1.95. The van der Waals surface area contributed by atoms with Crippen LogP contribution >= 0.6 is 0 Å². The van der Waals surface area contributed by atoms with E-state index in [0.29, 0.717) is 17.0 Å². The maximum atomic E-state index is 13.5. The van der Waals surface area contributed by atoms with Gasteiger partial charge in [-0.1, -0.05) is 32.3 Å².